The highest BCUT2D eigenvalue weighted by Crippen LogP contribution is 2.47. The van der Waals surface area contributed by atoms with Gasteiger partial charge in [-0.25, -0.2) is 43.9 Å². The summed E-state index contributed by atoms with van der Waals surface area (Å²) in [6.45, 7) is 0. The SMILES string of the molecule is Fc1cc(F)c2c(F)ccc(OB(Oc3c(F)c(F)c(F)c4c3Cc3cccc(F)c3-4)Oc3ccc(F)c4c(F)c(F)c(F)cc34)c2c1. The van der Waals surface area contributed by atoms with E-state index in [9.17, 15) is 39.5 Å². The van der Waals surface area contributed by atoms with Crippen molar-refractivity contribution in [2.45, 2.75) is 6.42 Å². The number of fused-ring (bicyclic) bond motifs is 5. The van der Waals surface area contributed by atoms with Crippen molar-refractivity contribution >= 4 is 28.9 Å². The lowest BCUT2D eigenvalue weighted by Gasteiger charge is -2.21. The van der Waals surface area contributed by atoms with Crippen LogP contribution in [0, 0.1) is 64.0 Å². The van der Waals surface area contributed by atoms with Gasteiger partial charge in [0.1, 0.15) is 46.3 Å². The number of rotatable bonds is 6. The molecule has 48 heavy (non-hydrogen) atoms. The van der Waals surface area contributed by atoms with E-state index in [1.807, 2.05) is 0 Å². The summed E-state index contributed by atoms with van der Waals surface area (Å²) in [5, 5.41) is -3.22. The first kappa shape index (κ1) is 31.2. The van der Waals surface area contributed by atoms with Crippen LogP contribution in [0.1, 0.15) is 11.1 Å². The predicted octanol–water partition coefficient (Wildman–Crippen LogP) is 9.62. The van der Waals surface area contributed by atoms with Crippen molar-refractivity contribution in [3.63, 3.8) is 0 Å². The summed E-state index contributed by atoms with van der Waals surface area (Å²) in [4.78, 5) is 0. The summed E-state index contributed by atoms with van der Waals surface area (Å²) in [5.41, 5.74) is -1.45. The first-order chi connectivity index (χ1) is 22.8. The Balaban J connectivity index is 1.41. The van der Waals surface area contributed by atoms with E-state index in [4.69, 9.17) is 14.0 Å². The molecule has 0 atom stereocenters. The van der Waals surface area contributed by atoms with Gasteiger partial charge in [0.25, 0.3) is 0 Å². The van der Waals surface area contributed by atoms with Gasteiger partial charge in [0.2, 0.25) is 5.82 Å². The lowest BCUT2D eigenvalue weighted by atomic mass is 10.0. The molecule has 6 aromatic carbocycles. The fraction of sp³-hybridized carbons (Fsp3) is 0.0303. The van der Waals surface area contributed by atoms with Crippen LogP contribution in [0.4, 0.5) is 48.3 Å². The number of halogens is 11. The maximum Gasteiger partial charge on any atom is 0.864 e. The van der Waals surface area contributed by atoms with E-state index in [1.165, 1.54) is 12.1 Å². The number of benzene rings is 6. The molecule has 0 radical (unpaired) electrons. The minimum Gasteiger partial charge on any atom is -0.489 e. The van der Waals surface area contributed by atoms with Crippen LogP contribution in [0.2, 0.25) is 0 Å². The molecule has 3 nitrogen and oxygen atoms in total. The Hall–Kier alpha value is -5.47. The molecule has 15 heteroatoms. The third-order valence-electron chi connectivity index (χ3n) is 7.75. The van der Waals surface area contributed by atoms with Gasteiger partial charge in [-0.3, -0.25) is 0 Å². The molecule has 242 valence electrons. The Bertz CT molecular complexity index is 2350. The highest BCUT2D eigenvalue weighted by Gasteiger charge is 2.40. The lowest BCUT2D eigenvalue weighted by Crippen LogP contribution is -2.38. The molecule has 0 bridgehead atoms. The second-order valence-electron chi connectivity index (χ2n) is 10.5. The quantitative estimate of drug-likeness (QED) is 0.0998. The van der Waals surface area contributed by atoms with Crippen LogP contribution in [0.3, 0.4) is 0 Å². The summed E-state index contributed by atoms with van der Waals surface area (Å²) in [6, 6.07) is 7.78. The zero-order valence-electron chi connectivity index (χ0n) is 23.4. The molecule has 0 N–H and O–H groups in total. The van der Waals surface area contributed by atoms with Crippen molar-refractivity contribution in [1.82, 2.24) is 0 Å². The maximum absolute atomic E-state index is 15.5. The molecule has 0 saturated carbocycles. The van der Waals surface area contributed by atoms with Crippen molar-refractivity contribution in [1.29, 1.82) is 0 Å². The van der Waals surface area contributed by atoms with E-state index in [-0.39, 0.29) is 5.56 Å². The molecule has 0 aliphatic heterocycles. The molecule has 0 spiro atoms. The normalized spacial score (nSPS) is 12.0. The first-order valence-electron chi connectivity index (χ1n) is 13.7. The van der Waals surface area contributed by atoms with E-state index in [0.717, 1.165) is 18.2 Å². The van der Waals surface area contributed by atoms with Gasteiger partial charge in [-0.2, -0.15) is 4.39 Å². The van der Waals surface area contributed by atoms with Gasteiger partial charge in [-0.05, 0) is 48.0 Å². The van der Waals surface area contributed by atoms with Crippen LogP contribution in [-0.2, 0) is 6.42 Å². The third-order valence-corrected chi connectivity index (χ3v) is 7.75. The van der Waals surface area contributed by atoms with E-state index >= 15 is 8.78 Å². The molecule has 0 amide bonds. The van der Waals surface area contributed by atoms with Crippen LogP contribution < -0.4 is 14.0 Å². The average molecular weight is 676 g/mol. The van der Waals surface area contributed by atoms with Crippen molar-refractivity contribution in [2.24, 2.45) is 0 Å². The smallest absolute Gasteiger partial charge is 0.489 e. The zero-order valence-corrected chi connectivity index (χ0v) is 23.4. The summed E-state index contributed by atoms with van der Waals surface area (Å²) in [5.74, 6) is -20.1. The monoisotopic (exact) mass is 676 g/mol. The number of hydrogen-bond acceptors (Lipinski definition) is 3. The van der Waals surface area contributed by atoms with Crippen molar-refractivity contribution < 1.29 is 62.3 Å². The van der Waals surface area contributed by atoms with Gasteiger partial charge >= 0.3 is 7.32 Å². The molecule has 7 rings (SSSR count). The van der Waals surface area contributed by atoms with Gasteiger partial charge in [-0.15, -0.1) is 0 Å². The minimum absolute atomic E-state index is 0.102. The molecular formula is C33H12BF11O3. The zero-order chi connectivity index (χ0) is 34.2. The van der Waals surface area contributed by atoms with Crippen LogP contribution >= 0.6 is 0 Å². The van der Waals surface area contributed by atoms with Crippen LogP contribution in [0.15, 0.2) is 60.7 Å². The highest BCUT2D eigenvalue weighted by atomic mass is 19.2. The third kappa shape index (κ3) is 4.83. The van der Waals surface area contributed by atoms with Gasteiger partial charge in [0, 0.05) is 39.9 Å². The fourth-order valence-corrected chi connectivity index (χ4v) is 5.68. The van der Waals surface area contributed by atoms with E-state index in [1.54, 1.807) is 0 Å². The lowest BCUT2D eigenvalue weighted by molar-refractivity contribution is 0.296. The molecule has 0 fully saturated rings. The fourth-order valence-electron chi connectivity index (χ4n) is 5.68. The van der Waals surface area contributed by atoms with E-state index < -0.39 is 133 Å². The molecule has 0 aromatic heterocycles. The minimum atomic E-state index is -2.49. The summed E-state index contributed by atoms with van der Waals surface area (Å²) >= 11 is 0. The van der Waals surface area contributed by atoms with E-state index in [2.05, 4.69) is 0 Å². The number of hydrogen-bond donors (Lipinski definition) is 0. The molecular weight excluding hydrogens is 664 g/mol. The molecule has 0 unspecified atom stereocenters. The standard InChI is InChI=1S/C33H12BF11O3/c35-13-9-14-22(6-4-18(37)25(14)20(39)10-13)46-34(47-23-7-5-19(38)26-15(23)11-21(40)28(41)29(26)42)48-33-16-8-12-2-1-3-17(36)24(12)27(16)30(43)31(44)32(33)45/h1-7,9-11H,8H2. The van der Waals surface area contributed by atoms with Crippen LogP contribution in [0.5, 0.6) is 17.2 Å². The molecule has 1 aliphatic carbocycles. The van der Waals surface area contributed by atoms with Gasteiger partial charge in [0.05, 0.1) is 10.8 Å². The van der Waals surface area contributed by atoms with Crippen molar-refractivity contribution in [3.05, 3.63) is 136 Å². The Kier molecular flexibility index (Phi) is 7.37. The molecule has 0 heterocycles. The van der Waals surface area contributed by atoms with Gasteiger partial charge in [-0.1, -0.05) is 12.1 Å². The maximum atomic E-state index is 15.5. The summed E-state index contributed by atoms with van der Waals surface area (Å²) in [7, 11) is -2.49. The highest BCUT2D eigenvalue weighted by molar-refractivity contribution is 6.40. The second-order valence-corrected chi connectivity index (χ2v) is 10.5. The van der Waals surface area contributed by atoms with Crippen LogP contribution in [-0.4, -0.2) is 7.32 Å². The molecule has 0 saturated heterocycles. The van der Waals surface area contributed by atoms with Gasteiger partial charge < -0.3 is 14.0 Å². The first-order valence-corrected chi connectivity index (χ1v) is 13.7. The Labute approximate surface area is 261 Å². The van der Waals surface area contributed by atoms with Gasteiger partial charge in [0.15, 0.2) is 29.1 Å². The van der Waals surface area contributed by atoms with Crippen molar-refractivity contribution in [2.75, 3.05) is 0 Å². The van der Waals surface area contributed by atoms with E-state index in [0.29, 0.717) is 30.3 Å². The topological polar surface area (TPSA) is 27.7 Å². The summed E-state index contributed by atoms with van der Waals surface area (Å²) < 4.78 is 178. The summed E-state index contributed by atoms with van der Waals surface area (Å²) in [6.07, 6.45) is -0.413. The predicted molar refractivity (Wildman–Crippen MR) is 150 cm³/mol. The Morgan fingerprint density at radius 1 is 0.479 bits per heavy atom. The average Bonchev–Trinajstić information content (AvgIpc) is 3.44. The second kappa shape index (κ2) is 11.4. The largest absolute Gasteiger partial charge is 0.864 e. The molecule has 1 aliphatic rings. The Morgan fingerprint density at radius 2 is 1.12 bits per heavy atom. The Morgan fingerprint density at radius 3 is 1.81 bits per heavy atom. The van der Waals surface area contributed by atoms with Crippen molar-refractivity contribution in [3.8, 4) is 28.4 Å². The van der Waals surface area contributed by atoms with Crippen LogP contribution in [0.25, 0.3) is 32.7 Å². The molecule has 6 aromatic rings.